The van der Waals surface area contributed by atoms with Crippen molar-refractivity contribution in [2.24, 2.45) is 4.99 Å². The highest BCUT2D eigenvalue weighted by atomic mass is 127. The van der Waals surface area contributed by atoms with Crippen LogP contribution in [0.4, 0.5) is 0 Å². The van der Waals surface area contributed by atoms with Crippen LogP contribution in [0.2, 0.25) is 0 Å². The topological polar surface area (TPSA) is 73.8 Å². The molecule has 0 radical (unpaired) electrons. The second kappa shape index (κ2) is 12.6. The third-order valence-corrected chi connectivity index (χ3v) is 6.28. The van der Waals surface area contributed by atoms with Crippen molar-refractivity contribution in [3.63, 3.8) is 0 Å². The first-order valence-electron chi connectivity index (χ1n) is 8.06. The molecule has 138 valence electrons. The van der Waals surface area contributed by atoms with Gasteiger partial charge in [0, 0.05) is 31.4 Å². The van der Waals surface area contributed by atoms with Gasteiger partial charge in [-0.05, 0) is 31.9 Å². The monoisotopic (exact) mass is 478 g/mol. The predicted octanol–water partition coefficient (Wildman–Crippen LogP) is 1.73. The third-order valence-electron chi connectivity index (χ3n) is 3.52. The molecule has 1 heterocycles. The number of aliphatic imine (C=N–C) groups is 1. The number of hydrogen-bond acceptors (Lipinski definition) is 4. The number of rotatable bonds is 9. The molecule has 0 amide bonds. The quantitative estimate of drug-likeness (QED) is 0.229. The minimum atomic E-state index is -3.09. The maximum Gasteiger partial charge on any atom is 0.211 e. The van der Waals surface area contributed by atoms with E-state index >= 15 is 0 Å². The van der Waals surface area contributed by atoms with Gasteiger partial charge in [0.1, 0.15) is 0 Å². The SMILES string of the molecule is CCNC(=NCC1CCCS1)NCCCN(CC)S(C)(=O)=O.I. The van der Waals surface area contributed by atoms with Gasteiger partial charge in [-0.1, -0.05) is 6.92 Å². The number of guanidine groups is 1. The molecule has 1 aliphatic rings. The van der Waals surface area contributed by atoms with E-state index in [1.807, 2.05) is 25.6 Å². The van der Waals surface area contributed by atoms with Gasteiger partial charge in [-0.2, -0.15) is 11.8 Å². The smallest absolute Gasteiger partial charge is 0.211 e. The molecule has 1 aliphatic heterocycles. The predicted molar refractivity (Wildman–Crippen MR) is 112 cm³/mol. The number of nitrogens with zero attached hydrogens (tertiary/aromatic N) is 2. The lowest BCUT2D eigenvalue weighted by Crippen LogP contribution is -2.39. The van der Waals surface area contributed by atoms with E-state index in [-0.39, 0.29) is 24.0 Å². The van der Waals surface area contributed by atoms with Crippen molar-refractivity contribution >= 4 is 51.7 Å². The van der Waals surface area contributed by atoms with Crippen LogP contribution in [0.5, 0.6) is 0 Å². The summed E-state index contributed by atoms with van der Waals surface area (Å²) < 4.78 is 24.5. The van der Waals surface area contributed by atoms with E-state index in [4.69, 9.17) is 0 Å². The number of sulfonamides is 1. The molecule has 0 aliphatic carbocycles. The van der Waals surface area contributed by atoms with Gasteiger partial charge in [-0.25, -0.2) is 12.7 Å². The molecule has 0 aromatic carbocycles. The van der Waals surface area contributed by atoms with Crippen LogP contribution in [-0.4, -0.2) is 68.7 Å². The normalized spacial score (nSPS) is 18.8. The fraction of sp³-hybridized carbons (Fsp3) is 0.929. The third kappa shape index (κ3) is 9.98. The van der Waals surface area contributed by atoms with Crippen LogP contribution in [-0.2, 0) is 10.0 Å². The van der Waals surface area contributed by atoms with Crippen molar-refractivity contribution < 1.29 is 8.42 Å². The molecule has 6 nitrogen and oxygen atoms in total. The van der Waals surface area contributed by atoms with Gasteiger partial charge in [-0.15, -0.1) is 24.0 Å². The van der Waals surface area contributed by atoms with Crippen LogP contribution in [0.3, 0.4) is 0 Å². The molecule has 1 rings (SSSR count). The number of hydrogen-bond donors (Lipinski definition) is 2. The molecule has 0 aromatic heterocycles. The lowest BCUT2D eigenvalue weighted by atomic mass is 10.2. The van der Waals surface area contributed by atoms with Gasteiger partial charge in [0.15, 0.2) is 5.96 Å². The molecule has 0 bridgehead atoms. The van der Waals surface area contributed by atoms with Crippen molar-refractivity contribution in [2.45, 2.75) is 38.4 Å². The van der Waals surface area contributed by atoms with E-state index in [1.54, 1.807) is 0 Å². The molecule has 2 N–H and O–H groups in total. The van der Waals surface area contributed by atoms with Gasteiger partial charge in [0.25, 0.3) is 0 Å². The molecule has 0 spiro atoms. The summed E-state index contributed by atoms with van der Waals surface area (Å²) in [4.78, 5) is 4.62. The maximum atomic E-state index is 11.5. The summed E-state index contributed by atoms with van der Waals surface area (Å²) in [5.74, 6) is 2.08. The van der Waals surface area contributed by atoms with E-state index in [0.717, 1.165) is 32.0 Å². The Balaban J connectivity index is 0.00000484. The fourth-order valence-corrected chi connectivity index (χ4v) is 4.45. The van der Waals surface area contributed by atoms with Crippen LogP contribution in [0, 0.1) is 0 Å². The first-order valence-corrected chi connectivity index (χ1v) is 11.0. The van der Waals surface area contributed by atoms with Crippen molar-refractivity contribution in [2.75, 3.05) is 44.7 Å². The molecule has 9 heteroatoms. The van der Waals surface area contributed by atoms with E-state index in [1.165, 1.54) is 29.2 Å². The molecule has 0 aromatic rings. The molecule has 1 saturated heterocycles. The van der Waals surface area contributed by atoms with E-state index in [9.17, 15) is 8.42 Å². The molecule has 23 heavy (non-hydrogen) atoms. The average Bonchev–Trinajstić information content (AvgIpc) is 2.96. The zero-order chi connectivity index (χ0) is 16.4. The average molecular weight is 478 g/mol. The van der Waals surface area contributed by atoms with Crippen LogP contribution in [0.25, 0.3) is 0 Å². The molecule has 1 atom stereocenters. The lowest BCUT2D eigenvalue weighted by Gasteiger charge is -2.18. The molecule has 0 saturated carbocycles. The van der Waals surface area contributed by atoms with Gasteiger partial charge in [-0.3, -0.25) is 4.99 Å². The zero-order valence-electron chi connectivity index (χ0n) is 14.4. The van der Waals surface area contributed by atoms with Crippen LogP contribution >= 0.6 is 35.7 Å². The Labute approximate surface area is 162 Å². The summed E-state index contributed by atoms with van der Waals surface area (Å²) in [6.07, 6.45) is 4.58. The fourth-order valence-electron chi connectivity index (χ4n) is 2.34. The Morgan fingerprint density at radius 2 is 2.09 bits per heavy atom. The highest BCUT2D eigenvalue weighted by molar-refractivity contribution is 14.0. The van der Waals surface area contributed by atoms with Gasteiger partial charge in [0.2, 0.25) is 10.0 Å². The largest absolute Gasteiger partial charge is 0.357 e. The minimum Gasteiger partial charge on any atom is -0.357 e. The Morgan fingerprint density at radius 3 is 2.61 bits per heavy atom. The van der Waals surface area contributed by atoms with Crippen LogP contribution < -0.4 is 10.6 Å². The summed E-state index contributed by atoms with van der Waals surface area (Å²) in [5.41, 5.74) is 0. The number of thioether (sulfide) groups is 1. The van der Waals surface area contributed by atoms with E-state index in [2.05, 4.69) is 15.6 Å². The molecule has 1 unspecified atom stereocenters. The maximum absolute atomic E-state index is 11.5. The summed E-state index contributed by atoms with van der Waals surface area (Å²) in [6.45, 7) is 7.36. The minimum absolute atomic E-state index is 0. The summed E-state index contributed by atoms with van der Waals surface area (Å²) >= 11 is 2.00. The zero-order valence-corrected chi connectivity index (χ0v) is 18.3. The summed E-state index contributed by atoms with van der Waals surface area (Å²) in [6, 6.07) is 0. The highest BCUT2D eigenvalue weighted by Crippen LogP contribution is 2.25. The summed E-state index contributed by atoms with van der Waals surface area (Å²) in [7, 11) is -3.09. The molecular formula is C14H31IN4O2S2. The number of nitrogens with one attached hydrogen (secondary N) is 2. The van der Waals surface area contributed by atoms with Gasteiger partial charge < -0.3 is 10.6 Å². The Hall–Kier alpha value is 0.260. The Kier molecular flexibility index (Phi) is 12.7. The standard InChI is InChI=1S/C14H30N4O2S2.HI/c1-4-15-14(17-12-13-8-6-11-21-13)16-9-7-10-18(5-2)22(3,19)20;/h13H,4-12H2,1-3H3,(H2,15,16,17);1H. The second-order valence-corrected chi connectivity index (χ2v) is 8.78. The van der Waals surface area contributed by atoms with Crippen LogP contribution in [0.15, 0.2) is 4.99 Å². The number of halogens is 1. The summed E-state index contributed by atoms with van der Waals surface area (Å²) in [5, 5.41) is 7.17. The van der Waals surface area contributed by atoms with E-state index < -0.39 is 10.0 Å². The van der Waals surface area contributed by atoms with Gasteiger partial charge >= 0.3 is 0 Å². The highest BCUT2D eigenvalue weighted by Gasteiger charge is 2.15. The first kappa shape index (κ1) is 23.3. The van der Waals surface area contributed by atoms with Crippen LogP contribution in [0.1, 0.15) is 33.1 Å². The molecular weight excluding hydrogens is 447 g/mol. The Morgan fingerprint density at radius 1 is 1.35 bits per heavy atom. The van der Waals surface area contributed by atoms with Crippen molar-refractivity contribution in [1.82, 2.24) is 14.9 Å². The first-order chi connectivity index (χ1) is 10.5. The van der Waals surface area contributed by atoms with Crippen molar-refractivity contribution in [3.8, 4) is 0 Å². The van der Waals surface area contributed by atoms with Crippen molar-refractivity contribution in [3.05, 3.63) is 0 Å². The van der Waals surface area contributed by atoms with Gasteiger partial charge in [0.05, 0.1) is 12.8 Å². The van der Waals surface area contributed by atoms with E-state index in [0.29, 0.717) is 18.3 Å². The lowest BCUT2D eigenvalue weighted by molar-refractivity contribution is 0.424. The Bertz CT molecular complexity index is 440. The molecule has 1 fully saturated rings. The van der Waals surface area contributed by atoms with Crippen molar-refractivity contribution in [1.29, 1.82) is 0 Å². The second-order valence-electron chi connectivity index (χ2n) is 5.39.